The molecule has 2 amide bonds. The summed E-state index contributed by atoms with van der Waals surface area (Å²) in [6.45, 7) is 4.14. The van der Waals surface area contributed by atoms with Crippen LogP contribution in [0.4, 0.5) is 11.4 Å². The van der Waals surface area contributed by atoms with E-state index in [1.54, 1.807) is 20.1 Å². The minimum absolute atomic E-state index is 0.0913. The Kier molecular flexibility index (Phi) is 9.02. The molecule has 0 spiro atoms. The van der Waals surface area contributed by atoms with Gasteiger partial charge in [-0.1, -0.05) is 12.1 Å². The SMILES string of the molecule is COc1ccc(CCC(=O)N2CCCN(C(C)C(=O)Nc3ccc(OC)cc3[N+](=O)[O-])CC2)cc1. The van der Waals surface area contributed by atoms with Gasteiger partial charge in [-0.25, -0.2) is 0 Å². The van der Waals surface area contributed by atoms with E-state index in [2.05, 4.69) is 5.32 Å². The second-order valence-electron chi connectivity index (χ2n) is 8.42. The average molecular weight is 485 g/mol. The van der Waals surface area contributed by atoms with Gasteiger partial charge < -0.3 is 19.7 Å². The molecule has 1 fully saturated rings. The topological polar surface area (TPSA) is 114 Å². The first kappa shape index (κ1) is 26.0. The number of carbonyl (C=O) groups is 2. The Morgan fingerprint density at radius 3 is 2.37 bits per heavy atom. The minimum Gasteiger partial charge on any atom is -0.497 e. The fraction of sp³-hybridized carbons (Fsp3) is 0.440. The molecular weight excluding hydrogens is 452 g/mol. The van der Waals surface area contributed by atoms with Crippen molar-refractivity contribution in [3.8, 4) is 11.5 Å². The third-order valence-corrected chi connectivity index (χ3v) is 6.26. The number of hydrogen-bond donors (Lipinski definition) is 1. The van der Waals surface area contributed by atoms with Crippen molar-refractivity contribution in [2.24, 2.45) is 0 Å². The largest absolute Gasteiger partial charge is 0.497 e. The molecule has 10 heteroatoms. The third kappa shape index (κ3) is 6.92. The van der Waals surface area contributed by atoms with Crippen LogP contribution in [0.5, 0.6) is 11.5 Å². The second kappa shape index (κ2) is 12.2. The number of nitro benzene ring substituents is 1. The van der Waals surface area contributed by atoms with Gasteiger partial charge in [-0.15, -0.1) is 0 Å². The Balaban J connectivity index is 1.54. The van der Waals surface area contributed by atoms with Gasteiger partial charge in [-0.3, -0.25) is 24.6 Å². The molecule has 2 aromatic carbocycles. The molecule has 0 aromatic heterocycles. The van der Waals surface area contributed by atoms with Crippen molar-refractivity contribution in [3.63, 3.8) is 0 Å². The maximum absolute atomic E-state index is 12.9. The average Bonchev–Trinajstić information content (AvgIpc) is 3.13. The van der Waals surface area contributed by atoms with Crippen LogP contribution in [0, 0.1) is 10.1 Å². The molecule has 1 N–H and O–H groups in total. The van der Waals surface area contributed by atoms with Crippen molar-refractivity contribution in [3.05, 3.63) is 58.1 Å². The molecule has 1 aliphatic heterocycles. The van der Waals surface area contributed by atoms with Crippen molar-refractivity contribution in [2.75, 3.05) is 45.7 Å². The quantitative estimate of drug-likeness (QED) is 0.430. The highest BCUT2D eigenvalue weighted by molar-refractivity contribution is 5.96. The van der Waals surface area contributed by atoms with Crippen LogP contribution in [-0.2, 0) is 16.0 Å². The van der Waals surface area contributed by atoms with Crippen LogP contribution in [0.25, 0.3) is 0 Å². The molecule has 1 aliphatic rings. The number of nitrogens with zero attached hydrogens (tertiary/aromatic N) is 3. The van der Waals surface area contributed by atoms with Crippen LogP contribution in [0.15, 0.2) is 42.5 Å². The Morgan fingerprint density at radius 2 is 1.71 bits per heavy atom. The zero-order valence-electron chi connectivity index (χ0n) is 20.4. The van der Waals surface area contributed by atoms with E-state index < -0.39 is 11.0 Å². The van der Waals surface area contributed by atoms with Gasteiger partial charge in [0, 0.05) is 32.6 Å². The Bertz CT molecular complexity index is 1040. The monoisotopic (exact) mass is 484 g/mol. The van der Waals surface area contributed by atoms with E-state index in [-0.39, 0.29) is 23.2 Å². The summed E-state index contributed by atoms with van der Waals surface area (Å²) in [6, 6.07) is 11.5. The van der Waals surface area contributed by atoms with Gasteiger partial charge in [-0.05, 0) is 49.6 Å². The smallest absolute Gasteiger partial charge is 0.296 e. The molecule has 1 atom stereocenters. The van der Waals surface area contributed by atoms with Crippen molar-refractivity contribution >= 4 is 23.2 Å². The highest BCUT2D eigenvalue weighted by atomic mass is 16.6. The van der Waals surface area contributed by atoms with Gasteiger partial charge in [0.15, 0.2) is 0 Å². The minimum atomic E-state index is -0.551. The van der Waals surface area contributed by atoms with Gasteiger partial charge in [0.25, 0.3) is 5.69 Å². The molecule has 2 aromatic rings. The third-order valence-electron chi connectivity index (χ3n) is 6.26. The molecule has 35 heavy (non-hydrogen) atoms. The standard InChI is InChI=1S/C25H32N4O6/c1-18(25(31)26-22-11-10-21(35-3)17-23(22)29(32)33)27-13-4-14-28(16-15-27)24(30)12-7-19-5-8-20(34-2)9-6-19/h5-6,8-11,17-18H,4,7,12-16H2,1-3H3,(H,26,31). The van der Waals surface area contributed by atoms with Crippen LogP contribution in [0.3, 0.4) is 0 Å². The second-order valence-corrected chi connectivity index (χ2v) is 8.42. The zero-order chi connectivity index (χ0) is 25.4. The van der Waals surface area contributed by atoms with Gasteiger partial charge >= 0.3 is 0 Å². The van der Waals surface area contributed by atoms with Crippen LogP contribution >= 0.6 is 0 Å². The van der Waals surface area contributed by atoms with Gasteiger partial charge in [0.05, 0.1) is 31.3 Å². The highest BCUT2D eigenvalue weighted by Gasteiger charge is 2.27. The lowest BCUT2D eigenvalue weighted by Crippen LogP contribution is -2.44. The number of benzene rings is 2. The summed E-state index contributed by atoms with van der Waals surface area (Å²) >= 11 is 0. The summed E-state index contributed by atoms with van der Waals surface area (Å²) in [5, 5.41) is 14.1. The maximum atomic E-state index is 12.9. The van der Waals surface area contributed by atoms with Crippen molar-refractivity contribution < 1.29 is 24.0 Å². The van der Waals surface area contributed by atoms with Crippen LogP contribution in [0.1, 0.15) is 25.3 Å². The summed E-state index contributed by atoms with van der Waals surface area (Å²) in [6.07, 6.45) is 1.82. The molecule has 188 valence electrons. The number of aryl methyl sites for hydroxylation is 1. The number of rotatable bonds is 9. The number of ether oxygens (including phenoxy) is 2. The van der Waals surface area contributed by atoms with E-state index in [1.165, 1.54) is 19.2 Å². The Labute approximate surface area is 204 Å². The zero-order valence-corrected chi connectivity index (χ0v) is 20.4. The number of anilines is 1. The Morgan fingerprint density at radius 1 is 1.03 bits per heavy atom. The van der Waals surface area contributed by atoms with Gasteiger partial charge in [-0.2, -0.15) is 0 Å². The summed E-state index contributed by atoms with van der Waals surface area (Å²) in [7, 11) is 3.04. The molecular formula is C25H32N4O6. The van der Waals surface area contributed by atoms with E-state index in [0.717, 1.165) is 17.7 Å². The predicted molar refractivity (Wildman–Crippen MR) is 132 cm³/mol. The summed E-state index contributed by atoms with van der Waals surface area (Å²) < 4.78 is 10.2. The molecule has 1 heterocycles. The number of methoxy groups -OCH3 is 2. The summed E-state index contributed by atoms with van der Waals surface area (Å²) in [4.78, 5) is 40.4. The molecule has 3 rings (SSSR count). The van der Waals surface area contributed by atoms with E-state index in [4.69, 9.17) is 9.47 Å². The normalized spacial score (nSPS) is 15.1. The Hall–Kier alpha value is -3.66. The summed E-state index contributed by atoms with van der Waals surface area (Å²) in [5.74, 6) is 0.880. The van der Waals surface area contributed by atoms with Gasteiger partial charge in [0.2, 0.25) is 11.8 Å². The molecule has 1 saturated heterocycles. The van der Waals surface area contributed by atoms with E-state index >= 15 is 0 Å². The van der Waals surface area contributed by atoms with E-state index in [1.807, 2.05) is 34.1 Å². The first-order valence-corrected chi connectivity index (χ1v) is 11.6. The highest BCUT2D eigenvalue weighted by Crippen LogP contribution is 2.29. The van der Waals surface area contributed by atoms with Crippen LogP contribution in [-0.4, -0.2) is 73.0 Å². The van der Waals surface area contributed by atoms with Crippen molar-refractivity contribution in [1.82, 2.24) is 9.80 Å². The lowest BCUT2D eigenvalue weighted by molar-refractivity contribution is -0.384. The van der Waals surface area contributed by atoms with E-state index in [0.29, 0.717) is 44.8 Å². The first-order valence-electron chi connectivity index (χ1n) is 11.6. The van der Waals surface area contributed by atoms with Crippen LogP contribution < -0.4 is 14.8 Å². The van der Waals surface area contributed by atoms with Crippen molar-refractivity contribution in [1.29, 1.82) is 0 Å². The maximum Gasteiger partial charge on any atom is 0.296 e. The molecule has 0 saturated carbocycles. The number of nitrogens with one attached hydrogen (secondary N) is 1. The fourth-order valence-electron chi connectivity index (χ4n) is 4.07. The van der Waals surface area contributed by atoms with Crippen LogP contribution in [0.2, 0.25) is 0 Å². The number of amides is 2. The molecule has 10 nitrogen and oxygen atoms in total. The first-order chi connectivity index (χ1) is 16.8. The number of hydrogen-bond acceptors (Lipinski definition) is 7. The number of nitro groups is 1. The lowest BCUT2D eigenvalue weighted by atomic mass is 10.1. The molecule has 0 radical (unpaired) electrons. The lowest BCUT2D eigenvalue weighted by Gasteiger charge is -2.27. The fourth-order valence-corrected chi connectivity index (χ4v) is 4.07. The van der Waals surface area contributed by atoms with E-state index in [9.17, 15) is 19.7 Å². The molecule has 1 unspecified atom stereocenters. The molecule has 0 bridgehead atoms. The summed E-state index contributed by atoms with van der Waals surface area (Å²) in [5.41, 5.74) is 0.973. The van der Waals surface area contributed by atoms with Gasteiger partial charge in [0.1, 0.15) is 17.2 Å². The predicted octanol–water partition coefficient (Wildman–Crippen LogP) is 3.11. The molecule has 0 aliphatic carbocycles. The van der Waals surface area contributed by atoms with Crippen molar-refractivity contribution in [2.45, 2.75) is 32.2 Å². The number of carbonyl (C=O) groups excluding carboxylic acids is 2.